The van der Waals surface area contributed by atoms with E-state index in [9.17, 15) is 8.78 Å². The van der Waals surface area contributed by atoms with Crippen LogP contribution in [0.5, 0.6) is 5.75 Å². The van der Waals surface area contributed by atoms with E-state index >= 15 is 0 Å². The summed E-state index contributed by atoms with van der Waals surface area (Å²) in [7, 11) is 0. The number of aromatic nitrogens is 1. The van der Waals surface area contributed by atoms with Gasteiger partial charge in [0.05, 0.1) is 6.04 Å². The first-order valence-electron chi connectivity index (χ1n) is 7.91. The van der Waals surface area contributed by atoms with Gasteiger partial charge >= 0.3 is 0 Å². The molecule has 1 fully saturated rings. The summed E-state index contributed by atoms with van der Waals surface area (Å²) in [6, 6.07) is 7.46. The standard InChI is InChI=1S/C17H20F2N4O/c18-14-3-4-16(15(19)8-14)24-7-6-21-10-13-11-22-23-17(13)12-2-1-5-20-9-12/h1-5,8-9,13,17,21-23H,6-7,10-11H2. The Morgan fingerprint density at radius 2 is 2.21 bits per heavy atom. The number of nitrogens with zero attached hydrogens (tertiary/aromatic N) is 1. The lowest BCUT2D eigenvalue weighted by molar-refractivity contribution is 0.292. The fraction of sp³-hybridized carbons (Fsp3) is 0.353. The van der Waals surface area contributed by atoms with E-state index in [2.05, 4.69) is 21.2 Å². The van der Waals surface area contributed by atoms with Gasteiger partial charge in [0.1, 0.15) is 12.4 Å². The van der Waals surface area contributed by atoms with Crippen molar-refractivity contribution in [2.24, 2.45) is 5.92 Å². The molecule has 3 N–H and O–H groups in total. The lowest BCUT2D eigenvalue weighted by Crippen LogP contribution is -2.31. The predicted octanol–water partition coefficient (Wildman–Crippen LogP) is 1.79. The van der Waals surface area contributed by atoms with Crippen molar-refractivity contribution in [2.45, 2.75) is 6.04 Å². The molecular weight excluding hydrogens is 314 g/mol. The summed E-state index contributed by atoms with van der Waals surface area (Å²) in [4.78, 5) is 4.15. The van der Waals surface area contributed by atoms with Gasteiger partial charge in [0.15, 0.2) is 11.6 Å². The quantitative estimate of drug-likeness (QED) is 0.674. The lowest BCUT2D eigenvalue weighted by Gasteiger charge is -2.19. The van der Waals surface area contributed by atoms with Crippen LogP contribution in [-0.4, -0.2) is 31.2 Å². The third kappa shape index (κ3) is 4.25. The molecule has 0 saturated carbocycles. The summed E-state index contributed by atoms with van der Waals surface area (Å²) < 4.78 is 31.6. The Balaban J connectivity index is 1.41. The molecule has 24 heavy (non-hydrogen) atoms. The van der Waals surface area contributed by atoms with Crippen LogP contribution in [0.4, 0.5) is 8.78 Å². The van der Waals surface area contributed by atoms with Gasteiger partial charge in [-0.15, -0.1) is 0 Å². The van der Waals surface area contributed by atoms with E-state index in [-0.39, 0.29) is 11.8 Å². The molecule has 2 heterocycles. The molecule has 7 heteroatoms. The van der Waals surface area contributed by atoms with Crippen molar-refractivity contribution in [1.29, 1.82) is 0 Å². The number of hydrazine groups is 1. The van der Waals surface area contributed by atoms with Crippen molar-refractivity contribution >= 4 is 0 Å². The number of ether oxygens (including phenoxy) is 1. The highest BCUT2D eigenvalue weighted by molar-refractivity contribution is 5.24. The minimum absolute atomic E-state index is 0.0654. The van der Waals surface area contributed by atoms with Crippen LogP contribution in [0.3, 0.4) is 0 Å². The van der Waals surface area contributed by atoms with Gasteiger partial charge in [-0.2, -0.15) is 0 Å². The third-order valence-electron chi connectivity index (χ3n) is 3.97. The van der Waals surface area contributed by atoms with E-state index in [1.807, 2.05) is 18.3 Å². The number of rotatable bonds is 7. The van der Waals surface area contributed by atoms with Gasteiger partial charge in [0.2, 0.25) is 0 Å². The number of hydrogen-bond acceptors (Lipinski definition) is 5. The molecule has 0 bridgehead atoms. The molecule has 5 nitrogen and oxygen atoms in total. The van der Waals surface area contributed by atoms with Crippen molar-refractivity contribution in [3.63, 3.8) is 0 Å². The highest BCUT2D eigenvalue weighted by Gasteiger charge is 2.27. The summed E-state index contributed by atoms with van der Waals surface area (Å²) in [5.41, 5.74) is 7.56. The zero-order valence-electron chi connectivity index (χ0n) is 13.1. The van der Waals surface area contributed by atoms with Crippen LogP contribution in [0, 0.1) is 17.6 Å². The van der Waals surface area contributed by atoms with E-state index in [0.717, 1.165) is 24.7 Å². The average Bonchev–Trinajstić information content (AvgIpc) is 3.05. The fourth-order valence-corrected chi connectivity index (χ4v) is 2.75. The Hall–Kier alpha value is -2.09. The Labute approximate surface area is 139 Å². The zero-order valence-corrected chi connectivity index (χ0v) is 13.1. The van der Waals surface area contributed by atoms with Crippen LogP contribution < -0.4 is 20.9 Å². The summed E-state index contributed by atoms with van der Waals surface area (Å²) in [6.07, 6.45) is 3.61. The van der Waals surface area contributed by atoms with E-state index in [1.165, 1.54) is 12.1 Å². The molecule has 0 radical (unpaired) electrons. The molecule has 1 saturated heterocycles. The molecule has 2 unspecified atom stereocenters. The molecular formula is C17H20F2N4O. The molecule has 2 atom stereocenters. The first-order valence-corrected chi connectivity index (χ1v) is 7.91. The Morgan fingerprint density at radius 1 is 1.29 bits per heavy atom. The van der Waals surface area contributed by atoms with Gasteiger partial charge in [0, 0.05) is 44.0 Å². The fourth-order valence-electron chi connectivity index (χ4n) is 2.75. The van der Waals surface area contributed by atoms with Crippen LogP contribution in [0.1, 0.15) is 11.6 Å². The van der Waals surface area contributed by atoms with Gasteiger partial charge < -0.3 is 10.1 Å². The topological polar surface area (TPSA) is 58.2 Å². The van der Waals surface area contributed by atoms with Crippen molar-refractivity contribution in [3.8, 4) is 5.75 Å². The summed E-state index contributed by atoms with van der Waals surface area (Å²) in [5.74, 6) is -0.858. The molecule has 1 aliphatic heterocycles. The summed E-state index contributed by atoms with van der Waals surface area (Å²) in [5, 5.41) is 3.31. The normalized spacial score (nSPS) is 20.2. The maximum atomic E-state index is 13.4. The lowest BCUT2D eigenvalue weighted by atomic mass is 9.96. The second kappa shape index (κ2) is 8.14. The number of nitrogens with one attached hydrogen (secondary N) is 3. The number of benzene rings is 1. The average molecular weight is 334 g/mol. The van der Waals surface area contributed by atoms with Crippen LogP contribution in [0.15, 0.2) is 42.7 Å². The molecule has 1 aromatic heterocycles. The predicted molar refractivity (Wildman–Crippen MR) is 86.3 cm³/mol. The second-order valence-electron chi connectivity index (χ2n) is 5.68. The van der Waals surface area contributed by atoms with Crippen LogP contribution >= 0.6 is 0 Å². The second-order valence-corrected chi connectivity index (χ2v) is 5.68. The number of pyridine rings is 1. The van der Waals surface area contributed by atoms with Crippen molar-refractivity contribution in [1.82, 2.24) is 21.2 Å². The van der Waals surface area contributed by atoms with E-state index in [1.54, 1.807) is 6.20 Å². The van der Waals surface area contributed by atoms with Crippen molar-refractivity contribution in [3.05, 3.63) is 59.9 Å². The Morgan fingerprint density at radius 3 is 3.00 bits per heavy atom. The third-order valence-corrected chi connectivity index (χ3v) is 3.97. The maximum absolute atomic E-state index is 13.4. The SMILES string of the molecule is Fc1ccc(OCCNCC2CNNC2c2cccnc2)c(F)c1. The molecule has 0 spiro atoms. The minimum atomic E-state index is -0.684. The maximum Gasteiger partial charge on any atom is 0.167 e. The molecule has 2 aromatic rings. The molecule has 128 valence electrons. The molecule has 3 rings (SSSR count). The van der Waals surface area contributed by atoms with Crippen LogP contribution in [0.2, 0.25) is 0 Å². The highest BCUT2D eigenvalue weighted by atomic mass is 19.1. The number of hydrogen-bond donors (Lipinski definition) is 3. The number of halogens is 2. The summed E-state index contributed by atoms with van der Waals surface area (Å²) in [6.45, 7) is 2.52. The van der Waals surface area contributed by atoms with Crippen molar-refractivity contribution in [2.75, 3.05) is 26.2 Å². The van der Waals surface area contributed by atoms with Gasteiger partial charge in [0.25, 0.3) is 0 Å². The first-order chi connectivity index (χ1) is 11.7. The molecule has 1 aliphatic rings. The summed E-state index contributed by atoms with van der Waals surface area (Å²) >= 11 is 0. The Kier molecular flexibility index (Phi) is 5.68. The van der Waals surface area contributed by atoms with Crippen molar-refractivity contribution < 1.29 is 13.5 Å². The molecule has 0 amide bonds. The van der Waals surface area contributed by atoms with Gasteiger partial charge in [-0.05, 0) is 23.8 Å². The largest absolute Gasteiger partial charge is 0.489 e. The Bertz CT molecular complexity index is 656. The monoisotopic (exact) mass is 334 g/mol. The van der Waals surface area contributed by atoms with E-state index < -0.39 is 11.6 Å². The van der Waals surface area contributed by atoms with Gasteiger partial charge in [-0.25, -0.2) is 14.2 Å². The van der Waals surface area contributed by atoms with E-state index in [0.29, 0.717) is 19.1 Å². The van der Waals surface area contributed by atoms with Gasteiger partial charge in [-0.3, -0.25) is 10.4 Å². The zero-order chi connectivity index (χ0) is 16.8. The van der Waals surface area contributed by atoms with Crippen LogP contribution in [-0.2, 0) is 0 Å². The van der Waals surface area contributed by atoms with E-state index in [4.69, 9.17) is 4.74 Å². The van der Waals surface area contributed by atoms with Crippen LogP contribution in [0.25, 0.3) is 0 Å². The molecule has 1 aromatic carbocycles. The highest BCUT2D eigenvalue weighted by Crippen LogP contribution is 2.23. The smallest absolute Gasteiger partial charge is 0.167 e. The first kappa shape index (κ1) is 16.8. The minimum Gasteiger partial charge on any atom is -0.489 e. The molecule has 0 aliphatic carbocycles. The van der Waals surface area contributed by atoms with Gasteiger partial charge in [-0.1, -0.05) is 6.07 Å².